The van der Waals surface area contributed by atoms with Crippen molar-refractivity contribution in [3.8, 4) is 0 Å². The second-order valence-electron chi connectivity index (χ2n) is 1.20. The molecular weight excluding hydrogens is 194 g/mol. The molecule has 0 bridgehead atoms. The molecule has 0 aliphatic rings. The Kier molecular flexibility index (Phi) is 9.71. The van der Waals surface area contributed by atoms with E-state index in [1.807, 2.05) is 6.92 Å². The van der Waals surface area contributed by atoms with Crippen molar-refractivity contribution in [1.82, 2.24) is 0 Å². The van der Waals surface area contributed by atoms with Gasteiger partial charge in [0.1, 0.15) is 0 Å². The molecule has 0 saturated carbocycles. The second-order valence-corrected chi connectivity index (χ2v) is 2.76. The minimum Gasteiger partial charge on any atom is -0.395 e. The highest BCUT2D eigenvalue weighted by atomic mass is 79.9. The van der Waals surface area contributed by atoms with Gasteiger partial charge in [-0.25, -0.2) is 0 Å². The summed E-state index contributed by atoms with van der Waals surface area (Å²) in [5, 5.41) is 21.7. The first-order chi connectivity index (χ1) is 4.00. The molecule has 5 nitrogen and oxygen atoms in total. The zero-order valence-electron chi connectivity index (χ0n) is 4.82. The van der Waals surface area contributed by atoms with Crippen molar-refractivity contribution in [3.05, 3.63) is 10.1 Å². The second kappa shape index (κ2) is 7.64. The van der Waals surface area contributed by atoms with Crippen LogP contribution >= 0.6 is 15.9 Å². The Morgan fingerprint density at radius 2 is 2.00 bits per heavy atom. The minimum absolute atomic E-state index is 0.222. The highest BCUT2D eigenvalue weighted by Gasteiger charge is 1.84. The average Bonchev–Trinajstić information content (AvgIpc) is 1.65. The Morgan fingerprint density at radius 3 is 2.00 bits per heavy atom. The lowest BCUT2D eigenvalue weighted by Gasteiger charge is -1.87. The van der Waals surface area contributed by atoms with Crippen molar-refractivity contribution in [2.45, 2.75) is 11.8 Å². The topological polar surface area (TPSA) is 83.6 Å². The summed E-state index contributed by atoms with van der Waals surface area (Å²) in [5.41, 5.74) is 0. The van der Waals surface area contributed by atoms with Crippen LogP contribution in [0.25, 0.3) is 0 Å². The van der Waals surface area contributed by atoms with Crippen LogP contribution in [0.15, 0.2) is 0 Å². The summed E-state index contributed by atoms with van der Waals surface area (Å²) < 4.78 is 0. The molecule has 9 heavy (non-hydrogen) atoms. The summed E-state index contributed by atoms with van der Waals surface area (Å²) in [7, 11) is 0. The third kappa shape index (κ3) is 90.4. The van der Waals surface area contributed by atoms with Gasteiger partial charge in [-0.3, -0.25) is 0 Å². The van der Waals surface area contributed by atoms with Crippen molar-refractivity contribution >= 4 is 15.9 Å². The molecule has 0 aromatic carbocycles. The van der Waals surface area contributed by atoms with Gasteiger partial charge < -0.3 is 10.3 Å². The van der Waals surface area contributed by atoms with Crippen LogP contribution in [0.5, 0.6) is 0 Å². The van der Waals surface area contributed by atoms with Gasteiger partial charge in [0.2, 0.25) is 0 Å². The normalized spacial score (nSPS) is 11.0. The monoisotopic (exact) mass is 201 g/mol. The molecule has 0 aliphatic carbocycles. The molecule has 0 aromatic heterocycles. The van der Waals surface area contributed by atoms with E-state index < -0.39 is 5.09 Å². The number of aliphatic hydroxyl groups is 1. The van der Waals surface area contributed by atoms with Gasteiger partial charge in [0.25, 0.3) is 5.09 Å². The van der Waals surface area contributed by atoms with Crippen LogP contribution in [-0.4, -0.2) is 26.8 Å². The van der Waals surface area contributed by atoms with E-state index in [4.69, 9.17) is 20.4 Å². The highest BCUT2D eigenvalue weighted by molar-refractivity contribution is 9.09. The van der Waals surface area contributed by atoms with Gasteiger partial charge in [-0.2, -0.15) is 0 Å². The molecule has 0 amide bonds. The first kappa shape index (κ1) is 11.4. The van der Waals surface area contributed by atoms with Gasteiger partial charge in [0.05, 0.1) is 6.61 Å². The lowest BCUT2D eigenvalue weighted by molar-refractivity contribution is -0.742. The van der Waals surface area contributed by atoms with Gasteiger partial charge >= 0.3 is 0 Å². The van der Waals surface area contributed by atoms with Crippen LogP contribution in [0.4, 0.5) is 0 Å². The number of hydrogen-bond donors (Lipinski definition) is 2. The van der Waals surface area contributed by atoms with E-state index >= 15 is 0 Å². The highest BCUT2D eigenvalue weighted by Crippen LogP contribution is 1.91. The quantitative estimate of drug-likeness (QED) is 0.366. The lowest BCUT2D eigenvalue weighted by Crippen LogP contribution is -1.93. The Balaban J connectivity index is 0. The lowest BCUT2D eigenvalue weighted by atomic mass is 10.5. The van der Waals surface area contributed by atoms with Crippen LogP contribution in [0.2, 0.25) is 0 Å². The average molecular weight is 202 g/mol. The summed E-state index contributed by atoms with van der Waals surface area (Å²) in [6, 6.07) is 0. The third-order valence-electron chi connectivity index (χ3n) is 0.252. The number of alkyl halides is 1. The first-order valence-corrected chi connectivity index (χ1v) is 3.00. The first-order valence-electron chi connectivity index (χ1n) is 2.09. The summed E-state index contributed by atoms with van der Waals surface area (Å²) in [6.07, 6.45) is 0. The molecule has 0 rings (SSSR count). The molecule has 56 valence electrons. The molecule has 0 spiro atoms. The van der Waals surface area contributed by atoms with E-state index in [0.29, 0.717) is 0 Å². The predicted octanol–water partition coefficient (Wildman–Crippen LogP) is 0.414. The summed E-state index contributed by atoms with van der Waals surface area (Å²) in [6.45, 7) is 2.11. The fraction of sp³-hybridized carbons (Fsp3) is 1.00. The maximum absolute atomic E-state index is 8.36. The van der Waals surface area contributed by atoms with Gasteiger partial charge in [-0.1, -0.05) is 22.9 Å². The van der Waals surface area contributed by atoms with Gasteiger partial charge in [0, 0.05) is 4.83 Å². The van der Waals surface area contributed by atoms with Gasteiger partial charge in [-0.05, 0) is 0 Å². The summed E-state index contributed by atoms with van der Waals surface area (Å²) >= 11 is 3.12. The van der Waals surface area contributed by atoms with Crippen LogP contribution < -0.4 is 0 Å². The molecule has 0 aliphatic heterocycles. The number of nitrogens with zero attached hydrogens (tertiary/aromatic N) is 1. The Morgan fingerprint density at radius 1 is 1.89 bits per heavy atom. The van der Waals surface area contributed by atoms with E-state index in [1.165, 1.54) is 0 Å². The van der Waals surface area contributed by atoms with Crippen molar-refractivity contribution in [2.24, 2.45) is 0 Å². The standard InChI is InChI=1S/C3H7BrO.HNO3/c1-3(4)2-5;2-1(3)4/h3,5H,2H2,1H3;(H,2,3,4)/t3-;/m1./s1. The Bertz CT molecular complexity index is 72.2. The van der Waals surface area contributed by atoms with Crippen LogP contribution in [-0.2, 0) is 0 Å². The largest absolute Gasteiger partial charge is 0.395 e. The summed E-state index contributed by atoms with van der Waals surface area (Å²) in [4.78, 5) is 8.61. The zero-order valence-corrected chi connectivity index (χ0v) is 6.41. The molecule has 0 aromatic rings. The molecule has 0 heterocycles. The smallest absolute Gasteiger partial charge is 0.291 e. The van der Waals surface area contributed by atoms with E-state index in [-0.39, 0.29) is 11.4 Å². The van der Waals surface area contributed by atoms with Crippen molar-refractivity contribution in [3.63, 3.8) is 0 Å². The van der Waals surface area contributed by atoms with Crippen LogP contribution in [0, 0.1) is 10.1 Å². The van der Waals surface area contributed by atoms with Crippen LogP contribution in [0.1, 0.15) is 6.92 Å². The van der Waals surface area contributed by atoms with Crippen LogP contribution in [0.3, 0.4) is 0 Å². The van der Waals surface area contributed by atoms with E-state index in [9.17, 15) is 0 Å². The number of hydrogen-bond acceptors (Lipinski definition) is 3. The van der Waals surface area contributed by atoms with Crippen molar-refractivity contribution < 1.29 is 15.4 Å². The molecule has 0 radical (unpaired) electrons. The van der Waals surface area contributed by atoms with Gasteiger partial charge in [-0.15, -0.1) is 10.1 Å². The van der Waals surface area contributed by atoms with Crippen molar-refractivity contribution in [2.75, 3.05) is 6.61 Å². The SMILES string of the molecule is C[C@@H](Br)CO.O=[N+]([O-])O. The number of halogens is 1. The molecule has 0 fully saturated rings. The molecule has 2 N–H and O–H groups in total. The molecule has 0 saturated heterocycles. The van der Waals surface area contributed by atoms with E-state index in [1.54, 1.807) is 0 Å². The van der Waals surface area contributed by atoms with E-state index in [0.717, 1.165) is 0 Å². The molecule has 6 heteroatoms. The van der Waals surface area contributed by atoms with E-state index in [2.05, 4.69) is 15.9 Å². The number of aliphatic hydroxyl groups excluding tert-OH is 1. The zero-order chi connectivity index (χ0) is 7.86. The predicted molar refractivity (Wildman–Crippen MR) is 34.3 cm³/mol. The third-order valence-corrected chi connectivity index (χ3v) is 0.541. The van der Waals surface area contributed by atoms with Gasteiger partial charge in [0.15, 0.2) is 0 Å². The summed E-state index contributed by atoms with van der Waals surface area (Å²) in [5.74, 6) is 0. The fourth-order valence-electron chi connectivity index (χ4n) is 0. The Hall–Kier alpha value is -0.360. The Labute approximate surface area is 60.5 Å². The molecule has 1 atom stereocenters. The maximum Gasteiger partial charge on any atom is 0.291 e. The molecular formula is C3H8BrNO4. The minimum atomic E-state index is -1.50. The maximum atomic E-state index is 8.36. The molecule has 0 unspecified atom stereocenters. The number of rotatable bonds is 1. The fourth-order valence-corrected chi connectivity index (χ4v) is 0. The van der Waals surface area contributed by atoms with Crippen molar-refractivity contribution in [1.29, 1.82) is 0 Å².